The van der Waals surface area contributed by atoms with Gasteiger partial charge in [-0.2, -0.15) is 0 Å². The quantitative estimate of drug-likeness (QED) is 0.241. The maximum atomic E-state index is 8.64. The SMILES string of the molecule is OCCCCCCCCCCCCCOOOOOO. The smallest absolute Gasteiger partial charge is 0.0855 e. The molecule has 0 aliphatic rings. The molecule has 7 nitrogen and oxygen atoms in total. The van der Waals surface area contributed by atoms with Gasteiger partial charge >= 0.3 is 0 Å². The lowest BCUT2D eigenvalue weighted by Crippen LogP contribution is -1.99. The van der Waals surface area contributed by atoms with E-state index in [1.807, 2.05) is 0 Å². The Morgan fingerprint density at radius 3 is 1.55 bits per heavy atom. The molecular weight excluding hydrogens is 268 g/mol. The van der Waals surface area contributed by atoms with Gasteiger partial charge in [-0.1, -0.05) is 57.8 Å². The van der Waals surface area contributed by atoms with E-state index in [0.717, 1.165) is 25.7 Å². The van der Waals surface area contributed by atoms with Crippen LogP contribution >= 0.6 is 0 Å². The minimum atomic E-state index is 0.323. The van der Waals surface area contributed by atoms with Gasteiger partial charge in [0.05, 0.1) is 6.61 Å². The summed E-state index contributed by atoms with van der Waals surface area (Å²) in [6.07, 6.45) is 12.9. The molecular formula is C13H28O7. The molecule has 0 aliphatic carbocycles. The fraction of sp³-hybridized carbons (Fsp3) is 1.00. The highest BCUT2D eigenvalue weighted by Crippen LogP contribution is 2.11. The predicted molar refractivity (Wildman–Crippen MR) is 70.8 cm³/mol. The van der Waals surface area contributed by atoms with Crippen molar-refractivity contribution in [2.24, 2.45) is 0 Å². The van der Waals surface area contributed by atoms with Crippen LogP contribution in [-0.2, 0) is 25.0 Å². The van der Waals surface area contributed by atoms with Gasteiger partial charge in [0.1, 0.15) is 0 Å². The second kappa shape index (κ2) is 18.7. The summed E-state index contributed by atoms with van der Waals surface area (Å²) in [6, 6.07) is 0. The molecule has 0 aliphatic heterocycles. The van der Waals surface area contributed by atoms with E-state index in [2.05, 4.69) is 25.0 Å². The van der Waals surface area contributed by atoms with Crippen molar-refractivity contribution in [1.82, 2.24) is 0 Å². The first-order valence-electron chi connectivity index (χ1n) is 7.45. The summed E-state index contributed by atoms with van der Waals surface area (Å²) in [7, 11) is 0. The van der Waals surface area contributed by atoms with E-state index in [1.54, 1.807) is 0 Å². The second-order valence-corrected chi connectivity index (χ2v) is 4.71. The number of rotatable bonds is 17. The van der Waals surface area contributed by atoms with Crippen molar-refractivity contribution in [3.63, 3.8) is 0 Å². The standard InChI is InChI=1S/C13H28O7/c14-12-10-8-6-4-2-1-3-5-7-9-11-13-16-18-20-19-17-15/h14-15H,1-13H2. The third-order valence-corrected chi connectivity index (χ3v) is 3.02. The number of hydrogen-bond acceptors (Lipinski definition) is 7. The lowest BCUT2D eigenvalue weighted by Gasteiger charge is -2.02. The molecule has 0 bridgehead atoms. The molecule has 7 heteroatoms. The van der Waals surface area contributed by atoms with E-state index in [9.17, 15) is 0 Å². The molecule has 0 saturated carbocycles. The van der Waals surface area contributed by atoms with E-state index >= 15 is 0 Å². The Kier molecular flexibility index (Phi) is 18.5. The zero-order valence-electron chi connectivity index (χ0n) is 12.1. The summed E-state index contributed by atoms with van der Waals surface area (Å²) in [6.45, 7) is 0.725. The second-order valence-electron chi connectivity index (χ2n) is 4.71. The molecule has 2 N–H and O–H groups in total. The molecule has 0 saturated heterocycles. The Labute approximate surface area is 120 Å². The summed E-state index contributed by atoms with van der Waals surface area (Å²) in [4.78, 5) is 4.57. The molecule has 0 atom stereocenters. The monoisotopic (exact) mass is 296 g/mol. The molecule has 20 heavy (non-hydrogen) atoms. The molecule has 0 aromatic heterocycles. The Hall–Kier alpha value is -0.280. The van der Waals surface area contributed by atoms with E-state index in [4.69, 9.17) is 10.4 Å². The minimum Gasteiger partial charge on any atom is -0.396 e. The van der Waals surface area contributed by atoms with Gasteiger partial charge in [0.15, 0.2) is 0 Å². The topological polar surface area (TPSA) is 86.6 Å². The zero-order chi connectivity index (χ0) is 14.7. The Morgan fingerprint density at radius 1 is 0.550 bits per heavy atom. The third-order valence-electron chi connectivity index (χ3n) is 3.02. The zero-order valence-corrected chi connectivity index (χ0v) is 12.1. The van der Waals surface area contributed by atoms with Crippen molar-refractivity contribution < 1.29 is 35.4 Å². The molecule has 0 amide bonds. The van der Waals surface area contributed by atoms with E-state index in [1.165, 1.54) is 44.9 Å². The highest BCUT2D eigenvalue weighted by molar-refractivity contribution is 4.48. The fourth-order valence-corrected chi connectivity index (χ4v) is 1.94. The summed E-state index contributed by atoms with van der Waals surface area (Å²) >= 11 is 0. The van der Waals surface area contributed by atoms with Crippen LogP contribution in [0.2, 0.25) is 0 Å². The molecule has 0 aromatic carbocycles. The van der Waals surface area contributed by atoms with Gasteiger partial charge < -0.3 is 5.11 Å². The van der Waals surface area contributed by atoms with Gasteiger partial charge in [-0.3, -0.25) is 0 Å². The van der Waals surface area contributed by atoms with E-state index in [0.29, 0.717) is 13.2 Å². The molecule has 0 aromatic rings. The maximum Gasteiger partial charge on any atom is 0.0855 e. The van der Waals surface area contributed by atoms with Crippen molar-refractivity contribution in [3.8, 4) is 0 Å². The van der Waals surface area contributed by atoms with Crippen LogP contribution in [0, 0.1) is 0 Å². The Bertz CT molecular complexity index is 151. The summed E-state index contributed by atoms with van der Waals surface area (Å²) in [5, 5.41) is 30.8. The van der Waals surface area contributed by atoms with Gasteiger partial charge in [0.2, 0.25) is 0 Å². The van der Waals surface area contributed by atoms with Crippen molar-refractivity contribution >= 4 is 0 Å². The first-order valence-corrected chi connectivity index (χ1v) is 7.45. The van der Waals surface area contributed by atoms with Crippen LogP contribution in [0.25, 0.3) is 0 Å². The normalized spacial score (nSPS) is 11.1. The average Bonchev–Trinajstić information content (AvgIpc) is 2.47. The van der Waals surface area contributed by atoms with Crippen molar-refractivity contribution in [2.75, 3.05) is 13.2 Å². The Morgan fingerprint density at radius 2 is 1.05 bits per heavy atom. The molecule has 122 valence electrons. The van der Waals surface area contributed by atoms with Crippen molar-refractivity contribution in [2.45, 2.75) is 70.6 Å². The molecule has 0 unspecified atom stereocenters. The summed E-state index contributed by atoms with van der Waals surface area (Å²) in [5.74, 6) is 0. The molecule has 0 radical (unpaired) electrons. The average molecular weight is 296 g/mol. The summed E-state index contributed by atoms with van der Waals surface area (Å²) in [5.41, 5.74) is 0. The van der Waals surface area contributed by atoms with Gasteiger partial charge in [0, 0.05) is 6.61 Å². The van der Waals surface area contributed by atoms with Crippen LogP contribution in [-0.4, -0.2) is 23.6 Å². The molecule has 0 spiro atoms. The van der Waals surface area contributed by atoms with Crippen LogP contribution in [0.15, 0.2) is 0 Å². The molecule has 0 heterocycles. The van der Waals surface area contributed by atoms with Crippen LogP contribution in [0.4, 0.5) is 0 Å². The lowest BCUT2D eigenvalue weighted by atomic mass is 10.1. The van der Waals surface area contributed by atoms with Gasteiger partial charge in [-0.25, -0.2) is 10.1 Å². The number of unbranched alkanes of at least 4 members (excludes halogenated alkanes) is 10. The van der Waals surface area contributed by atoms with E-state index in [-0.39, 0.29) is 0 Å². The van der Waals surface area contributed by atoms with Crippen LogP contribution in [0.1, 0.15) is 70.6 Å². The van der Waals surface area contributed by atoms with Gasteiger partial charge in [-0.05, 0) is 33.0 Å². The number of aliphatic hydroxyl groups is 1. The largest absolute Gasteiger partial charge is 0.396 e. The number of aliphatic hydroxyl groups excluding tert-OH is 1. The highest BCUT2D eigenvalue weighted by atomic mass is 17.8. The summed E-state index contributed by atoms with van der Waals surface area (Å²) < 4.78 is 0. The first-order chi connectivity index (χ1) is 9.91. The van der Waals surface area contributed by atoms with Gasteiger partial charge in [-0.15, -0.1) is 0 Å². The van der Waals surface area contributed by atoms with Crippen LogP contribution in [0.3, 0.4) is 0 Å². The fourth-order valence-electron chi connectivity index (χ4n) is 1.94. The van der Waals surface area contributed by atoms with Crippen LogP contribution in [0.5, 0.6) is 0 Å². The minimum absolute atomic E-state index is 0.323. The van der Waals surface area contributed by atoms with Gasteiger partial charge in [0.25, 0.3) is 0 Å². The number of hydrogen-bond donors (Lipinski definition) is 2. The predicted octanol–water partition coefficient (Wildman–Crippen LogP) is 3.49. The molecule has 0 fully saturated rings. The van der Waals surface area contributed by atoms with Crippen LogP contribution < -0.4 is 0 Å². The lowest BCUT2D eigenvalue weighted by molar-refractivity contribution is -0.753. The van der Waals surface area contributed by atoms with E-state index < -0.39 is 0 Å². The molecule has 0 rings (SSSR count). The van der Waals surface area contributed by atoms with Crippen molar-refractivity contribution in [1.29, 1.82) is 0 Å². The van der Waals surface area contributed by atoms with Crippen molar-refractivity contribution in [3.05, 3.63) is 0 Å². The maximum absolute atomic E-state index is 8.64. The third kappa shape index (κ3) is 17.7. The highest BCUT2D eigenvalue weighted by Gasteiger charge is 1.95. The Balaban J connectivity index is 2.89. The first kappa shape index (κ1) is 19.7.